The lowest BCUT2D eigenvalue weighted by atomic mass is 10.1. The molecule has 0 radical (unpaired) electrons. The maximum absolute atomic E-state index is 10.6. The first-order valence-electron chi connectivity index (χ1n) is 3.05. The quantitative estimate of drug-likeness (QED) is 0.505. The van der Waals surface area contributed by atoms with Gasteiger partial charge in [-0.3, -0.25) is 4.79 Å². The molecule has 0 aromatic heterocycles. The zero-order valence-corrected chi connectivity index (χ0v) is 5.33. The van der Waals surface area contributed by atoms with Gasteiger partial charge < -0.3 is 9.84 Å². The number of carbonyl (C=O) groups is 1. The van der Waals surface area contributed by atoms with Gasteiger partial charge in [0.1, 0.15) is 6.10 Å². The Balaban J connectivity index is 2.44. The van der Waals surface area contributed by atoms with Crippen LogP contribution in [0.1, 0.15) is 13.3 Å². The molecule has 1 aliphatic heterocycles. The molecule has 3 nitrogen and oxygen atoms in total. The summed E-state index contributed by atoms with van der Waals surface area (Å²) in [5.41, 5.74) is 0. The fourth-order valence-electron chi connectivity index (χ4n) is 0.931. The van der Waals surface area contributed by atoms with Crippen LogP contribution >= 0.6 is 0 Å². The Morgan fingerprint density at radius 2 is 2.56 bits per heavy atom. The molecule has 1 aliphatic rings. The molecule has 2 atom stereocenters. The van der Waals surface area contributed by atoms with Crippen LogP contribution in [-0.4, -0.2) is 23.8 Å². The van der Waals surface area contributed by atoms with Crippen molar-refractivity contribution in [3.63, 3.8) is 0 Å². The molecule has 9 heavy (non-hydrogen) atoms. The Morgan fingerprint density at radius 1 is 1.89 bits per heavy atom. The number of hydrogen-bond acceptors (Lipinski definition) is 3. The summed E-state index contributed by atoms with van der Waals surface area (Å²) in [4.78, 5) is 10.6. The number of ether oxygens (including phenoxy) is 1. The Labute approximate surface area is 53.6 Å². The smallest absolute Gasteiger partial charge is 0.309 e. The summed E-state index contributed by atoms with van der Waals surface area (Å²) in [6.07, 6.45) is 0.419. The minimum absolute atomic E-state index is 0.0258. The molecule has 0 saturated carbocycles. The lowest BCUT2D eigenvalue weighted by Crippen LogP contribution is -2.10. The van der Waals surface area contributed by atoms with Gasteiger partial charge in [0.2, 0.25) is 0 Å². The maximum Gasteiger partial charge on any atom is 0.309 e. The summed E-state index contributed by atoms with van der Waals surface area (Å²) in [7, 11) is 0. The highest BCUT2D eigenvalue weighted by molar-refractivity contribution is 5.74. The fraction of sp³-hybridized carbons (Fsp3) is 0.833. The molecule has 3 heteroatoms. The molecule has 1 unspecified atom stereocenters. The average molecular weight is 130 g/mol. The van der Waals surface area contributed by atoms with E-state index in [1.54, 1.807) is 6.92 Å². The summed E-state index contributed by atoms with van der Waals surface area (Å²) in [6, 6.07) is 0. The van der Waals surface area contributed by atoms with E-state index in [1.807, 2.05) is 0 Å². The Kier molecular flexibility index (Phi) is 1.71. The molecule has 1 heterocycles. The number of aliphatic hydroxyl groups excluding tert-OH is 1. The summed E-state index contributed by atoms with van der Waals surface area (Å²) < 4.78 is 4.73. The normalized spacial score (nSPS) is 34.7. The van der Waals surface area contributed by atoms with Crippen LogP contribution in [0.4, 0.5) is 0 Å². The second-order valence-corrected chi connectivity index (χ2v) is 2.38. The minimum Gasteiger partial charge on any atom is -0.460 e. The van der Waals surface area contributed by atoms with Gasteiger partial charge in [-0.2, -0.15) is 0 Å². The zero-order valence-electron chi connectivity index (χ0n) is 5.33. The van der Waals surface area contributed by atoms with Gasteiger partial charge in [-0.25, -0.2) is 0 Å². The predicted octanol–water partition coefficient (Wildman–Crippen LogP) is -0.0697. The molecule has 1 fully saturated rings. The lowest BCUT2D eigenvalue weighted by Gasteiger charge is -2.01. The maximum atomic E-state index is 10.6. The largest absolute Gasteiger partial charge is 0.460 e. The van der Waals surface area contributed by atoms with Crippen molar-refractivity contribution in [2.24, 2.45) is 5.92 Å². The summed E-state index contributed by atoms with van der Waals surface area (Å²) in [5.74, 6) is -0.212. The molecule has 0 amide bonds. The first-order valence-corrected chi connectivity index (χ1v) is 3.05. The van der Waals surface area contributed by atoms with E-state index in [9.17, 15) is 4.79 Å². The third-order valence-electron chi connectivity index (χ3n) is 1.51. The van der Waals surface area contributed by atoms with E-state index in [-0.39, 0.29) is 24.6 Å². The van der Waals surface area contributed by atoms with E-state index in [0.717, 1.165) is 0 Å². The van der Waals surface area contributed by atoms with E-state index in [1.165, 1.54) is 0 Å². The molecular weight excluding hydrogens is 120 g/mol. The van der Waals surface area contributed by atoms with E-state index in [4.69, 9.17) is 9.84 Å². The van der Waals surface area contributed by atoms with Gasteiger partial charge in [-0.1, -0.05) is 6.92 Å². The van der Waals surface area contributed by atoms with Crippen LogP contribution in [-0.2, 0) is 9.53 Å². The summed E-state index contributed by atoms with van der Waals surface area (Å²) in [6.45, 7) is 1.76. The van der Waals surface area contributed by atoms with Crippen LogP contribution in [0.25, 0.3) is 0 Å². The van der Waals surface area contributed by atoms with Crippen LogP contribution < -0.4 is 0 Å². The van der Waals surface area contributed by atoms with Crippen molar-refractivity contribution < 1.29 is 14.6 Å². The second-order valence-electron chi connectivity index (χ2n) is 2.38. The molecule has 0 aromatic carbocycles. The molecule has 0 aliphatic carbocycles. The molecule has 0 bridgehead atoms. The van der Waals surface area contributed by atoms with Crippen LogP contribution in [0.5, 0.6) is 0 Å². The highest BCUT2D eigenvalue weighted by atomic mass is 16.6. The van der Waals surface area contributed by atoms with E-state index >= 15 is 0 Å². The molecule has 0 aromatic rings. The van der Waals surface area contributed by atoms with Gasteiger partial charge >= 0.3 is 5.97 Å². The Morgan fingerprint density at radius 3 is 2.78 bits per heavy atom. The van der Waals surface area contributed by atoms with E-state index in [2.05, 4.69) is 0 Å². The van der Waals surface area contributed by atoms with Crippen molar-refractivity contribution in [1.29, 1.82) is 0 Å². The molecule has 1 saturated heterocycles. The standard InChI is InChI=1S/C6H10O3/c1-4-2-5(3-7)9-6(4)8/h4-5,7H,2-3H2,1H3/t4?,5-/m0/s1. The van der Waals surface area contributed by atoms with Crippen molar-refractivity contribution in [3.05, 3.63) is 0 Å². The Bertz CT molecular complexity index is 121. The summed E-state index contributed by atoms with van der Waals surface area (Å²) in [5, 5.41) is 8.52. The average Bonchev–Trinajstić information content (AvgIpc) is 2.13. The van der Waals surface area contributed by atoms with Crippen molar-refractivity contribution in [1.82, 2.24) is 0 Å². The first kappa shape index (κ1) is 6.55. The fourth-order valence-corrected chi connectivity index (χ4v) is 0.931. The first-order chi connectivity index (χ1) is 4.24. The lowest BCUT2D eigenvalue weighted by molar-refractivity contribution is -0.145. The van der Waals surface area contributed by atoms with Crippen molar-refractivity contribution in [2.75, 3.05) is 6.61 Å². The van der Waals surface area contributed by atoms with Crippen LogP contribution in [0.2, 0.25) is 0 Å². The summed E-state index contributed by atoms with van der Waals surface area (Å²) >= 11 is 0. The third-order valence-corrected chi connectivity index (χ3v) is 1.51. The van der Waals surface area contributed by atoms with Gasteiger partial charge in [0, 0.05) is 0 Å². The number of esters is 1. The van der Waals surface area contributed by atoms with Crippen molar-refractivity contribution >= 4 is 5.97 Å². The number of carbonyl (C=O) groups excluding carboxylic acids is 1. The van der Waals surface area contributed by atoms with E-state index < -0.39 is 0 Å². The Hall–Kier alpha value is -0.570. The number of aliphatic hydroxyl groups is 1. The molecule has 52 valence electrons. The predicted molar refractivity (Wildman–Crippen MR) is 30.7 cm³/mol. The van der Waals surface area contributed by atoms with Gasteiger partial charge in [0.05, 0.1) is 12.5 Å². The SMILES string of the molecule is CC1C[C@@H](CO)OC1=O. The molecule has 0 spiro atoms. The van der Waals surface area contributed by atoms with Gasteiger partial charge in [0.25, 0.3) is 0 Å². The van der Waals surface area contributed by atoms with E-state index in [0.29, 0.717) is 6.42 Å². The zero-order chi connectivity index (χ0) is 6.85. The van der Waals surface area contributed by atoms with Gasteiger partial charge in [-0.15, -0.1) is 0 Å². The highest BCUT2D eigenvalue weighted by Crippen LogP contribution is 2.19. The number of cyclic esters (lactones) is 1. The number of hydrogen-bond donors (Lipinski definition) is 1. The second kappa shape index (κ2) is 2.35. The van der Waals surface area contributed by atoms with Gasteiger partial charge in [-0.05, 0) is 6.42 Å². The monoisotopic (exact) mass is 130 g/mol. The molecule has 1 rings (SSSR count). The minimum atomic E-state index is -0.243. The topological polar surface area (TPSA) is 46.5 Å². The number of rotatable bonds is 1. The van der Waals surface area contributed by atoms with Crippen molar-refractivity contribution in [3.8, 4) is 0 Å². The van der Waals surface area contributed by atoms with Crippen LogP contribution in [0.15, 0.2) is 0 Å². The van der Waals surface area contributed by atoms with Crippen molar-refractivity contribution in [2.45, 2.75) is 19.4 Å². The highest BCUT2D eigenvalue weighted by Gasteiger charge is 2.29. The molecular formula is C6H10O3. The molecule has 1 N–H and O–H groups in total. The third kappa shape index (κ3) is 1.21. The van der Waals surface area contributed by atoms with Gasteiger partial charge in [0.15, 0.2) is 0 Å². The van der Waals surface area contributed by atoms with Crippen LogP contribution in [0, 0.1) is 5.92 Å². The van der Waals surface area contributed by atoms with Crippen LogP contribution in [0.3, 0.4) is 0 Å².